The first kappa shape index (κ1) is 11.4. The number of pyridine rings is 1. The highest BCUT2D eigenvalue weighted by molar-refractivity contribution is 5.84. The smallest absolute Gasteiger partial charge is 0.305 e. The maximum absolute atomic E-state index is 11.4. The third-order valence-corrected chi connectivity index (χ3v) is 1.96. The van der Waals surface area contributed by atoms with Crippen molar-refractivity contribution in [3.8, 4) is 0 Å². The van der Waals surface area contributed by atoms with Gasteiger partial charge in [0.2, 0.25) is 0 Å². The minimum atomic E-state index is -0.352. The van der Waals surface area contributed by atoms with Crippen molar-refractivity contribution in [3.63, 3.8) is 0 Å². The van der Waals surface area contributed by atoms with Gasteiger partial charge in [-0.2, -0.15) is 0 Å². The molecule has 4 heteroatoms. The van der Waals surface area contributed by atoms with Gasteiger partial charge in [0.05, 0.1) is 13.5 Å². The molecule has 0 saturated carbocycles. The molecule has 0 aliphatic heterocycles. The second-order valence-electron chi connectivity index (χ2n) is 3.15. The molecule has 0 fully saturated rings. The summed E-state index contributed by atoms with van der Waals surface area (Å²) in [5, 5.41) is 0. The number of ether oxygens (including phenoxy) is 1. The highest BCUT2D eigenvalue weighted by Gasteiger charge is 2.07. The number of carbonyl (C=O) groups excluding carboxylic acids is 2. The molecule has 0 amide bonds. The summed E-state index contributed by atoms with van der Waals surface area (Å²) in [5.74, 6) is -0.331. The Hall–Kier alpha value is -1.71. The van der Waals surface area contributed by atoms with Gasteiger partial charge in [0.15, 0.2) is 0 Å². The fourth-order valence-corrected chi connectivity index (χ4v) is 1.16. The number of esters is 1. The molecule has 0 aliphatic carbocycles. The lowest BCUT2D eigenvalue weighted by Gasteiger charge is -2.00. The number of nitrogens with zero attached hydrogens (tertiary/aromatic N) is 1. The lowest BCUT2D eigenvalue weighted by Crippen LogP contribution is -2.07. The van der Waals surface area contributed by atoms with Crippen molar-refractivity contribution >= 4 is 11.8 Å². The van der Waals surface area contributed by atoms with Crippen molar-refractivity contribution in [2.45, 2.75) is 19.3 Å². The molecule has 0 saturated heterocycles. The van der Waals surface area contributed by atoms with Crippen LogP contribution in [0.25, 0.3) is 0 Å². The molecule has 1 rings (SSSR count). The number of carbonyl (C=O) groups is 2. The van der Waals surface area contributed by atoms with E-state index < -0.39 is 0 Å². The van der Waals surface area contributed by atoms with Crippen molar-refractivity contribution in [2.24, 2.45) is 0 Å². The molecule has 0 aromatic carbocycles. The van der Waals surface area contributed by atoms with Crippen LogP contribution in [0.4, 0.5) is 0 Å². The predicted molar refractivity (Wildman–Crippen MR) is 54.2 cm³/mol. The summed E-state index contributed by atoms with van der Waals surface area (Å²) in [7, 11) is 1.31. The molecule has 0 unspecified atom stereocenters. The first-order valence-electron chi connectivity index (χ1n) is 4.70. The summed E-state index contributed by atoms with van der Waals surface area (Å²) >= 11 is 0. The van der Waals surface area contributed by atoms with E-state index in [-0.39, 0.29) is 24.6 Å². The van der Waals surface area contributed by atoms with Crippen molar-refractivity contribution in [1.29, 1.82) is 0 Å². The Balaban J connectivity index is 2.34. The number of Topliss-reactive ketones (excluding diaryl/α,β-unsaturated/α-hetero) is 1. The Morgan fingerprint density at radius 1 is 1.40 bits per heavy atom. The molecule has 1 aromatic rings. The van der Waals surface area contributed by atoms with Crippen LogP contribution in [0.5, 0.6) is 0 Å². The molecular weight excluding hydrogens is 194 g/mol. The zero-order valence-corrected chi connectivity index (χ0v) is 8.60. The van der Waals surface area contributed by atoms with E-state index in [2.05, 4.69) is 9.72 Å². The van der Waals surface area contributed by atoms with E-state index in [1.54, 1.807) is 18.5 Å². The summed E-state index contributed by atoms with van der Waals surface area (Å²) in [6, 6.07) is 3.62. The van der Waals surface area contributed by atoms with Crippen LogP contribution in [-0.4, -0.2) is 23.8 Å². The summed E-state index contributed by atoms with van der Waals surface area (Å²) in [4.78, 5) is 26.1. The number of hydrogen-bond acceptors (Lipinski definition) is 4. The topological polar surface area (TPSA) is 56.3 Å². The molecule has 15 heavy (non-hydrogen) atoms. The van der Waals surface area contributed by atoms with Crippen molar-refractivity contribution in [2.75, 3.05) is 7.11 Å². The van der Waals surface area contributed by atoms with Crippen LogP contribution >= 0.6 is 0 Å². The third kappa shape index (κ3) is 4.35. The molecule has 0 atom stereocenters. The molecule has 0 aliphatic rings. The molecule has 0 spiro atoms. The molecule has 0 bridgehead atoms. The normalized spacial score (nSPS) is 9.67. The Morgan fingerprint density at radius 2 is 2.20 bits per heavy atom. The number of methoxy groups -OCH3 is 1. The van der Waals surface area contributed by atoms with Crippen molar-refractivity contribution in [3.05, 3.63) is 30.1 Å². The minimum absolute atomic E-state index is 0.0217. The molecular formula is C11H13NO3. The van der Waals surface area contributed by atoms with Gasteiger partial charge in [-0.15, -0.1) is 0 Å². The van der Waals surface area contributed by atoms with E-state index in [1.165, 1.54) is 7.11 Å². The largest absolute Gasteiger partial charge is 0.469 e. The summed E-state index contributed by atoms with van der Waals surface area (Å²) < 4.78 is 4.45. The van der Waals surface area contributed by atoms with E-state index in [4.69, 9.17) is 0 Å². The van der Waals surface area contributed by atoms with Gasteiger partial charge in [0.1, 0.15) is 5.78 Å². The van der Waals surface area contributed by atoms with Crippen LogP contribution in [0, 0.1) is 0 Å². The maximum atomic E-state index is 11.4. The van der Waals surface area contributed by atoms with Crippen molar-refractivity contribution < 1.29 is 14.3 Å². The molecule has 80 valence electrons. The van der Waals surface area contributed by atoms with Crippen molar-refractivity contribution in [1.82, 2.24) is 4.98 Å². The second-order valence-corrected chi connectivity index (χ2v) is 3.15. The zero-order chi connectivity index (χ0) is 11.1. The molecule has 0 radical (unpaired) electrons. The number of ketones is 1. The first-order valence-corrected chi connectivity index (χ1v) is 4.70. The molecule has 1 heterocycles. The van der Waals surface area contributed by atoms with Gasteiger partial charge in [-0.25, -0.2) is 0 Å². The Labute approximate surface area is 88.3 Å². The number of hydrogen-bond donors (Lipinski definition) is 0. The SMILES string of the molecule is COC(=O)CCC(=O)Cc1cccnc1. The van der Waals surface area contributed by atoms with Crippen LogP contribution in [-0.2, 0) is 20.7 Å². The Kier molecular flexibility index (Phi) is 4.47. The van der Waals surface area contributed by atoms with Crippen LogP contribution in [0.3, 0.4) is 0 Å². The van der Waals surface area contributed by atoms with E-state index in [0.717, 1.165) is 5.56 Å². The van der Waals surface area contributed by atoms with Gasteiger partial charge in [0.25, 0.3) is 0 Å². The van der Waals surface area contributed by atoms with Crippen LogP contribution in [0.2, 0.25) is 0 Å². The predicted octanol–water partition coefficient (Wildman–Crippen LogP) is 1.15. The first-order chi connectivity index (χ1) is 7.22. The Bertz CT molecular complexity index is 335. The van der Waals surface area contributed by atoms with Gasteiger partial charge in [-0.1, -0.05) is 6.07 Å². The Morgan fingerprint density at radius 3 is 2.80 bits per heavy atom. The fraction of sp³-hybridized carbons (Fsp3) is 0.364. The zero-order valence-electron chi connectivity index (χ0n) is 8.60. The highest BCUT2D eigenvalue weighted by atomic mass is 16.5. The fourth-order valence-electron chi connectivity index (χ4n) is 1.16. The van der Waals surface area contributed by atoms with E-state index in [1.807, 2.05) is 6.07 Å². The van der Waals surface area contributed by atoms with Gasteiger partial charge in [-0.05, 0) is 11.6 Å². The third-order valence-electron chi connectivity index (χ3n) is 1.96. The number of aromatic nitrogens is 1. The average molecular weight is 207 g/mol. The second kappa shape index (κ2) is 5.90. The van der Waals surface area contributed by atoms with Crippen LogP contribution in [0.1, 0.15) is 18.4 Å². The highest BCUT2D eigenvalue weighted by Crippen LogP contribution is 2.02. The van der Waals surface area contributed by atoms with Gasteiger partial charge >= 0.3 is 5.97 Å². The maximum Gasteiger partial charge on any atom is 0.305 e. The summed E-state index contributed by atoms with van der Waals surface area (Å²) in [6.45, 7) is 0. The van der Waals surface area contributed by atoms with E-state index in [0.29, 0.717) is 6.42 Å². The summed E-state index contributed by atoms with van der Waals surface area (Å²) in [6.07, 6.45) is 4.00. The summed E-state index contributed by atoms with van der Waals surface area (Å²) in [5.41, 5.74) is 0.868. The lowest BCUT2D eigenvalue weighted by molar-refractivity contribution is -0.141. The average Bonchev–Trinajstić information content (AvgIpc) is 2.27. The van der Waals surface area contributed by atoms with E-state index >= 15 is 0 Å². The van der Waals surface area contributed by atoms with Crippen LogP contribution in [0.15, 0.2) is 24.5 Å². The quantitative estimate of drug-likeness (QED) is 0.679. The van der Waals surface area contributed by atoms with Gasteiger partial charge < -0.3 is 4.74 Å². The van der Waals surface area contributed by atoms with Gasteiger partial charge in [0, 0.05) is 25.2 Å². The molecule has 1 aromatic heterocycles. The lowest BCUT2D eigenvalue weighted by atomic mass is 10.1. The molecule has 4 nitrogen and oxygen atoms in total. The number of rotatable bonds is 5. The minimum Gasteiger partial charge on any atom is -0.469 e. The van der Waals surface area contributed by atoms with Crippen LogP contribution < -0.4 is 0 Å². The van der Waals surface area contributed by atoms with Gasteiger partial charge in [-0.3, -0.25) is 14.6 Å². The van der Waals surface area contributed by atoms with E-state index in [9.17, 15) is 9.59 Å². The standard InChI is InChI=1S/C11H13NO3/c1-15-11(14)5-4-10(13)7-9-3-2-6-12-8-9/h2-3,6,8H,4-5,7H2,1H3. The molecule has 0 N–H and O–H groups in total. The monoisotopic (exact) mass is 207 g/mol.